The first kappa shape index (κ1) is 26.1. The lowest BCUT2D eigenvalue weighted by molar-refractivity contribution is -0.121. The third kappa shape index (κ3) is 7.24. The molecule has 0 saturated heterocycles. The maximum Gasteiger partial charge on any atom is 0.321 e. The first-order chi connectivity index (χ1) is 16.0. The minimum absolute atomic E-state index is 0.0610. The number of thiazole rings is 1. The van der Waals surface area contributed by atoms with E-state index in [1.807, 2.05) is 24.3 Å². The summed E-state index contributed by atoms with van der Waals surface area (Å²) < 4.78 is 2.94. The lowest BCUT2D eigenvalue weighted by atomic mass is 9.91. The van der Waals surface area contributed by atoms with Gasteiger partial charge in [0.1, 0.15) is 11.2 Å². The molecule has 1 aromatic carbocycles. The third-order valence-corrected chi connectivity index (χ3v) is 7.18. The standard InChI is InChI=1S/C25H30BrN3O4S/c1-25(2,3)20(30)14-22-29(15-21(31)28-24(33)27-18-7-5-4-6-8-18)23(32)19(34-22)13-16-9-11-17(26)12-10-16/h9-14,18H,4-8,15H2,1-3H3,(H2,27,28,31,33)/b19-13-,22-14+. The molecule has 0 spiro atoms. The van der Waals surface area contributed by atoms with Crippen LogP contribution in [0.4, 0.5) is 4.79 Å². The molecular weight excluding hydrogens is 518 g/mol. The minimum Gasteiger partial charge on any atom is -0.335 e. The van der Waals surface area contributed by atoms with E-state index in [0.29, 0.717) is 9.20 Å². The number of ketones is 1. The molecular formula is C25H30BrN3O4S. The topological polar surface area (TPSA) is 97.3 Å². The Morgan fingerprint density at radius 1 is 1.12 bits per heavy atom. The van der Waals surface area contributed by atoms with Crippen molar-refractivity contribution in [3.63, 3.8) is 0 Å². The fourth-order valence-corrected chi connectivity index (χ4v) is 4.92. The van der Waals surface area contributed by atoms with E-state index in [1.165, 1.54) is 10.6 Å². The fourth-order valence-electron chi connectivity index (χ4n) is 3.61. The highest BCUT2D eigenvalue weighted by atomic mass is 79.9. The Hall–Kier alpha value is -2.52. The predicted octanol–water partition coefficient (Wildman–Crippen LogP) is 3.06. The van der Waals surface area contributed by atoms with Crippen LogP contribution in [0.25, 0.3) is 12.2 Å². The smallest absolute Gasteiger partial charge is 0.321 e. The van der Waals surface area contributed by atoms with E-state index in [-0.39, 0.29) is 23.9 Å². The number of nitrogens with zero attached hydrogens (tertiary/aromatic N) is 1. The van der Waals surface area contributed by atoms with Gasteiger partial charge in [-0.3, -0.25) is 24.3 Å². The highest BCUT2D eigenvalue weighted by Crippen LogP contribution is 2.17. The summed E-state index contributed by atoms with van der Waals surface area (Å²) in [7, 11) is 0. The van der Waals surface area contributed by atoms with Crippen molar-refractivity contribution in [2.45, 2.75) is 65.5 Å². The van der Waals surface area contributed by atoms with Gasteiger partial charge in [0.2, 0.25) is 5.91 Å². The molecule has 34 heavy (non-hydrogen) atoms. The Labute approximate surface area is 211 Å². The van der Waals surface area contributed by atoms with Gasteiger partial charge < -0.3 is 5.32 Å². The monoisotopic (exact) mass is 547 g/mol. The van der Waals surface area contributed by atoms with Gasteiger partial charge in [0.05, 0.1) is 4.53 Å². The van der Waals surface area contributed by atoms with Crippen molar-refractivity contribution in [2.75, 3.05) is 0 Å². The van der Waals surface area contributed by atoms with Crippen molar-refractivity contribution in [3.8, 4) is 0 Å². The molecule has 1 aromatic heterocycles. The number of hydrogen-bond donors (Lipinski definition) is 2. The van der Waals surface area contributed by atoms with E-state index in [0.717, 1.165) is 53.5 Å². The van der Waals surface area contributed by atoms with Crippen molar-refractivity contribution in [3.05, 3.63) is 53.9 Å². The van der Waals surface area contributed by atoms with Crippen LogP contribution < -0.4 is 25.4 Å². The number of amides is 3. The maximum atomic E-state index is 13.2. The Morgan fingerprint density at radius 3 is 2.38 bits per heavy atom. The molecule has 1 heterocycles. The molecule has 1 aliphatic rings. The molecule has 3 amide bonds. The molecule has 182 valence electrons. The predicted molar refractivity (Wildman–Crippen MR) is 138 cm³/mol. The van der Waals surface area contributed by atoms with Gasteiger partial charge in [-0.1, -0.05) is 68.1 Å². The van der Waals surface area contributed by atoms with Gasteiger partial charge >= 0.3 is 6.03 Å². The van der Waals surface area contributed by atoms with E-state index in [9.17, 15) is 19.2 Å². The summed E-state index contributed by atoms with van der Waals surface area (Å²) in [5.41, 5.74) is -0.204. The van der Waals surface area contributed by atoms with Gasteiger partial charge in [-0.15, -0.1) is 11.3 Å². The van der Waals surface area contributed by atoms with Gasteiger partial charge in [-0.05, 0) is 36.6 Å². The van der Waals surface area contributed by atoms with Crippen molar-refractivity contribution in [1.82, 2.24) is 15.2 Å². The molecule has 9 heteroatoms. The number of imide groups is 1. The Balaban J connectivity index is 1.88. The normalized spacial score (nSPS) is 15.9. The van der Waals surface area contributed by atoms with Crippen molar-refractivity contribution >= 4 is 57.1 Å². The molecule has 3 rings (SSSR count). The molecule has 0 unspecified atom stereocenters. The van der Waals surface area contributed by atoms with E-state index >= 15 is 0 Å². The second-order valence-electron chi connectivity index (χ2n) is 9.51. The number of urea groups is 1. The molecule has 1 saturated carbocycles. The summed E-state index contributed by atoms with van der Waals surface area (Å²) >= 11 is 4.53. The van der Waals surface area contributed by atoms with Gasteiger partial charge in [-0.25, -0.2) is 4.79 Å². The average molecular weight is 549 g/mol. The highest BCUT2D eigenvalue weighted by Gasteiger charge is 2.21. The summed E-state index contributed by atoms with van der Waals surface area (Å²) in [6, 6.07) is 6.96. The molecule has 0 atom stereocenters. The zero-order chi connectivity index (χ0) is 24.9. The number of benzene rings is 1. The van der Waals surface area contributed by atoms with Crippen molar-refractivity contribution < 1.29 is 14.4 Å². The van der Waals surface area contributed by atoms with Crippen LogP contribution in [0.1, 0.15) is 58.4 Å². The zero-order valence-electron chi connectivity index (χ0n) is 19.7. The van der Waals surface area contributed by atoms with Crippen molar-refractivity contribution in [1.29, 1.82) is 0 Å². The lowest BCUT2D eigenvalue weighted by Crippen LogP contribution is -2.47. The second-order valence-corrected chi connectivity index (χ2v) is 11.5. The zero-order valence-corrected chi connectivity index (χ0v) is 22.1. The van der Waals surface area contributed by atoms with Gasteiger partial charge in [-0.2, -0.15) is 0 Å². The summed E-state index contributed by atoms with van der Waals surface area (Å²) in [5, 5.41) is 5.15. The number of halogens is 1. The number of carbonyl (C=O) groups excluding carboxylic acids is 3. The first-order valence-corrected chi connectivity index (χ1v) is 13.0. The Morgan fingerprint density at radius 2 is 1.76 bits per heavy atom. The van der Waals surface area contributed by atoms with Crippen LogP contribution in [0, 0.1) is 5.41 Å². The van der Waals surface area contributed by atoms with Crippen LogP contribution >= 0.6 is 27.3 Å². The molecule has 1 fully saturated rings. The fraction of sp³-hybridized carbons (Fsp3) is 0.440. The number of nitrogens with one attached hydrogen (secondary N) is 2. The maximum absolute atomic E-state index is 13.2. The number of rotatable bonds is 5. The molecule has 2 aromatic rings. The van der Waals surface area contributed by atoms with Crippen LogP contribution in [0.2, 0.25) is 0 Å². The van der Waals surface area contributed by atoms with E-state index in [2.05, 4.69) is 26.6 Å². The molecule has 0 aliphatic heterocycles. The largest absolute Gasteiger partial charge is 0.335 e. The van der Waals surface area contributed by atoms with Gasteiger partial charge in [0.15, 0.2) is 5.78 Å². The summed E-state index contributed by atoms with van der Waals surface area (Å²) in [4.78, 5) is 50.7. The lowest BCUT2D eigenvalue weighted by Gasteiger charge is -2.22. The van der Waals surface area contributed by atoms with Gasteiger partial charge in [0.25, 0.3) is 5.56 Å². The van der Waals surface area contributed by atoms with Crippen LogP contribution in [-0.2, 0) is 16.1 Å². The minimum atomic E-state index is -0.636. The molecule has 1 aliphatic carbocycles. The third-order valence-electron chi connectivity index (χ3n) is 5.59. The molecule has 0 bridgehead atoms. The highest BCUT2D eigenvalue weighted by molar-refractivity contribution is 9.10. The molecule has 7 nitrogen and oxygen atoms in total. The van der Waals surface area contributed by atoms with Crippen LogP contribution in [0.15, 0.2) is 33.5 Å². The average Bonchev–Trinajstić information content (AvgIpc) is 3.04. The molecule has 2 N–H and O–H groups in total. The van der Waals surface area contributed by atoms with Crippen molar-refractivity contribution in [2.24, 2.45) is 5.41 Å². The Kier molecular flexibility index (Phi) is 8.65. The summed E-state index contributed by atoms with van der Waals surface area (Å²) in [6.07, 6.45) is 8.20. The quantitative estimate of drug-likeness (QED) is 0.601. The number of aromatic nitrogens is 1. The van der Waals surface area contributed by atoms with E-state index < -0.39 is 17.4 Å². The van der Waals surface area contributed by atoms with Crippen LogP contribution in [0.3, 0.4) is 0 Å². The van der Waals surface area contributed by atoms with Gasteiger partial charge in [0, 0.05) is 22.0 Å². The number of Topliss-reactive ketones (excluding diaryl/α,β-unsaturated/α-hetero) is 1. The Bertz CT molecular complexity index is 1230. The summed E-state index contributed by atoms with van der Waals surface area (Å²) in [5.74, 6) is -0.769. The van der Waals surface area contributed by atoms with E-state index in [4.69, 9.17) is 0 Å². The number of hydrogen-bond acceptors (Lipinski definition) is 5. The number of carbonyl (C=O) groups is 3. The first-order valence-electron chi connectivity index (χ1n) is 11.4. The van der Waals surface area contributed by atoms with Crippen LogP contribution in [0.5, 0.6) is 0 Å². The molecule has 0 radical (unpaired) electrons. The van der Waals surface area contributed by atoms with E-state index in [1.54, 1.807) is 26.8 Å². The van der Waals surface area contributed by atoms with Crippen LogP contribution in [-0.4, -0.2) is 28.3 Å². The SMILES string of the molecule is CC(C)(C)C(=O)/C=c1/s/c(=C\c2ccc(Br)cc2)c(=O)n1CC(=O)NC(=O)NC1CCCCC1. The second kappa shape index (κ2) is 11.3. The summed E-state index contributed by atoms with van der Waals surface area (Å²) in [6.45, 7) is 5.02.